The maximum Gasteiger partial charge on any atom is 0.253 e. The fourth-order valence-corrected chi connectivity index (χ4v) is 3.99. The lowest BCUT2D eigenvalue weighted by Crippen LogP contribution is -2.40. The molecular weight excluding hydrogens is 440 g/mol. The Morgan fingerprint density at radius 1 is 1.18 bits per heavy atom. The third-order valence-electron chi connectivity index (χ3n) is 5.59. The zero-order valence-electron chi connectivity index (χ0n) is 18.9. The van der Waals surface area contributed by atoms with Crippen LogP contribution in [0.2, 0.25) is 0 Å². The van der Waals surface area contributed by atoms with E-state index < -0.39 is 5.54 Å². The molecule has 0 saturated heterocycles. The van der Waals surface area contributed by atoms with Gasteiger partial charge in [-0.15, -0.1) is 5.10 Å². The molecule has 9 nitrogen and oxygen atoms in total. The van der Waals surface area contributed by atoms with Crippen LogP contribution in [0.5, 0.6) is 0 Å². The predicted octanol–water partition coefficient (Wildman–Crippen LogP) is 3.36. The van der Waals surface area contributed by atoms with Gasteiger partial charge in [-0.2, -0.15) is 0 Å². The summed E-state index contributed by atoms with van der Waals surface area (Å²) < 4.78 is 1.74. The van der Waals surface area contributed by atoms with Crippen LogP contribution >= 0.6 is 11.6 Å². The number of nitrogens with zero attached hydrogens (tertiary/aromatic N) is 7. The normalized spacial score (nSPS) is 19.1. The SMILES string of the molecule is Cc1ccc(C2(n3nnnc3C(C)C)C=C(C(=O)NC(C)c3cnccn3)C(Cl)=CC2)nc1. The molecule has 1 aliphatic rings. The van der Waals surface area contributed by atoms with Gasteiger partial charge in [-0.25, -0.2) is 4.68 Å². The van der Waals surface area contributed by atoms with E-state index in [1.807, 2.05) is 52.0 Å². The van der Waals surface area contributed by atoms with Gasteiger partial charge in [-0.1, -0.05) is 37.6 Å². The molecule has 170 valence electrons. The fourth-order valence-electron chi connectivity index (χ4n) is 3.78. The van der Waals surface area contributed by atoms with E-state index in [9.17, 15) is 4.79 Å². The van der Waals surface area contributed by atoms with E-state index in [0.717, 1.165) is 11.3 Å². The molecule has 3 aromatic heterocycles. The van der Waals surface area contributed by atoms with Gasteiger partial charge >= 0.3 is 0 Å². The second-order valence-electron chi connectivity index (χ2n) is 8.39. The molecule has 0 radical (unpaired) electrons. The van der Waals surface area contributed by atoms with Crippen molar-refractivity contribution in [2.24, 2.45) is 0 Å². The summed E-state index contributed by atoms with van der Waals surface area (Å²) in [6.07, 6.45) is 10.7. The molecule has 1 aliphatic carbocycles. The van der Waals surface area contributed by atoms with E-state index in [1.165, 1.54) is 0 Å². The van der Waals surface area contributed by atoms with Gasteiger partial charge < -0.3 is 5.32 Å². The van der Waals surface area contributed by atoms with Crippen LogP contribution < -0.4 is 5.32 Å². The monoisotopic (exact) mass is 464 g/mol. The minimum atomic E-state index is -0.905. The fraction of sp³-hybridized carbons (Fsp3) is 0.348. The number of amides is 1. The largest absolute Gasteiger partial charge is 0.344 e. The van der Waals surface area contributed by atoms with Crippen molar-refractivity contribution in [2.45, 2.75) is 51.6 Å². The Hall–Kier alpha value is -3.46. The molecule has 0 saturated carbocycles. The van der Waals surface area contributed by atoms with E-state index in [-0.39, 0.29) is 17.9 Å². The summed E-state index contributed by atoms with van der Waals surface area (Å²) in [6, 6.07) is 3.56. The number of halogens is 1. The molecule has 3 heterocycles. The van der Waals surface area contributed by atoms with Gasteiger partial charge in [0.15, 0.2) is 5.82 Å². The minimum absolute atomic E-state index is 0.0612. The third-order valence-corrected chi connectivity index (χ3v) is 5.95. The van der Waals surface area contributed by atoms with Crippen molar-refractivity contribution in [3.05, 3.63) is 82.5 Å². The quantitative estimate of drug-likeness (QED) is 0.595. The Bertz CT molecular complexity index is 1200. The van der Waals surface area contributed by atoms with Gasteiger partial charge in [0.05, 0.1) is 29.2 Å². The molecule has 0 aliphatic heterocycles. The molecule has 10 heteroatoms. The van der Waals surface area contributed by atoms with Gasteiger partial charge in [0.2, 0.25) is 0 Å². The van der Waals surface area contributed by atoms with Crippen LogP contribution in [0.3, 0.4) is 0 Å². The van der Waals surface area contributed by atoms with E-state index in [4.69, 9.17) is 11.6 Å². The summed E-state index contributed by atoms with van der Waals surface area (Å²) >= 11 is 6.53. The van der Waals surface area contributed by atoms with E-state index >= 15 is 0 Å². The first-order valence-corrected chi connectivity index (χ1v) is 11.1. The number of hydrogen-bond donors (Lipinski definition) is 1. The average molecular weight is 465 g/mol. The highest BCUT2D eigenvalue weighted by Crippen LogP contribution is 2.39. The maximum atomic E-state index is 13.3. The lowest BCUT2D eigenvalue weighted by Gasteiger charge is -2.34. The first-order chi connectivity index (χ1) is 15.8. The van der Waals surface area contributed by atoms with Gasteiger partial charge in [0.1, 0.15) is 5.54 Å². The number of tetrazole rings is 1. The van der Waals surface area contributed by atoms with Crippen molar-refractivity contribution in [2.75, 3.05) is 0 Å². The van der Waals surface area contributed by atoms with Crippen molar-refractivity contribution in [1.29, 1.82) is 0 Å². The summed E-state index contributed by atoms with van der Waals surface area (Å²) in [5.74, 6) is 0.420. The van der Waals surface area contributed by atoms with Crippen molar-refractivity contribution in [1.82, 2.24) is 40.5 Å². The molecule has 0 spiro atoms. The molecule has 0 fully saturated rings. The van der Waals surface area contributed by atoms with Crippen LogP contribution in [0.25, 0.3) is 0 Å². The molecule has 1 N–H and O–H groups in total. The molecule has 2 atom stereocenters. The third kappa shape index (κ3) is 4.41. The zero-order chi connectivity index (χ0) is 23.6. The van der Waals surface area contributed by atoms with Crippen LogP contribution in [0, 0.1) is 6.92 Å². The lowest BCUT2D eigenvalue weighted by atomic mass is 9.83. The van der Waals surface area contributed by atoms with E-state index in [1.54, 1.807) is 29.5 Å². The topological polar surface area (TPSA) is 111 Å². The van der Waals surface area contributed by atoms with Crippen molar-refractivity contribution >= 4 is 17.5 Å². The Kier molecular flexibility index (Phi) is 6.33. The Morgan fingerprint density at radius 3 is 2.67 bits per heavy atom. The van der Waals surface area contributed by atoms with Crippen LogP contribution in [-0.4, -0.2) is 41.1 Å². The number of carbonyl (C=O) groups is 1. The van der Waals surface area contributed by atoms with Gasteiger partial charge in [-0.05, 0) is 42.0 Å². The van der Waals surface area contributed by atoms with Crippen molar-refractivity contribution < 1.29 is 4.79 Å². The summed E-state index contributed by atoms with van der Waals surface area (Å²) in [5.41, 5.74) is 1.81. The molecule has 2 unspecified atom stereocenters. The highest BCUT2D eigenvalue weighted by atomic mass is 35.5. The average Bonchev–Trinajstić information content (AvgIpc) is 3.32. The molecule has 33 heavy (non-hydrogen) atoms. The molecule has 3 aromatic rings. The first-order valence-electron chi connectivity index (χ1n) is 10.7. The van der Waals surface area contributed by atoms with Crippen molar-refractivity contribution in [3.8, 4) is 0 Å². The Balaban J connectivity index is 1.79. The summed E-state index contributed by atoms with van der Waals surface area (Å²) in [5, 5.41) is 15.8. The number of aromatic nitrogens is 7. The van der Waals surface area contributed by atoms with Crippen LogP contribution in [0.15, 0.2) is 59.7 Å². The highest BCUT2D eigenvalue weighted by molar-refractivity contribution is 6.35. The second kappa shape index (κ2) is 9.19. The van der Waals surface area contributed by atoms with Crippen LogP contribution in [0.1, 0.15) is 61.9 Å². The number of rotatable bonds is 6. The second-order valence-corrected chi connectivity index (χ2v) is 8.80. The maximum absolute atomic E-state index is 13.3. The highest BCUT2D eigenvalue weighted by Gasteiger charge is 2.41. The Morgan fingerprint density at radius 2 is 2.00 bits per heavy atom. The standard InChI is InChI=1S/C23H25ClN8O/c1-14(2)21-29-30-31-32(21)23(20-6-5-15(3)12-27-20)8-7-18(24)17(11-23)22(33)28-16(4)19-13-25-9-10-26-19/h5-7,9-14,16H,8H2,1-4H3,(H,28,33). The smallest absolute Gasteiger partial charge is 0.253 e. The van der Waals surface area contributed by atoms with Gasteiger partial charge in [-0.3, -0.25) is 19.7 Å². The Labute approximate surface area is 197 Å². The van der Waals surface area contributed by atoms with Gasteiger partial charge in [0, 0.05) is 36.0 Å². The molecule has 1 amide bonds. The lowest BCUT2D eigenvalue weighted by molar-refractivity contribution is -0.117. The van der Waals surface area contributed by atoms with E-state index in [2.05, 4.69) is 35.8 Å². The first kappa shape index (κ1) is 22.7. The van der Waals surface area contributed by atoms with Crippen molar-refractivity contribution in [3.63, 3.8) is 0 Å². The van der Waals surface area contributed by atoms with Gasteiger partial charge in [0.25, 0.3) is 5.91 Å². The molecule has 4 rings (SSSR count). The molecule has 0 aromatic carbocycles. The number of nitrogens with one attached hydrogen (secondary N) is 1. The summed E-state index contributed by atoms with van der Waals surface area (Å²) in [7, 11) is 0. The molecule has 0 bridgehead atoms. The number of carbonyl (C=O) groups excluding carboxylic acids is 1. The molecular formula is C23H25ClN8O. The number of hydrogen-bond acceptors (Lipinski definition) is 7. The van der Waals surface area contributed by atoms with E-state index in [0.29, 0.717) is 28.5 Å². The predicted molar refractivity (Wildman–Crippen MR) is 123 cm³/mol. The van der Waals surface area contributed by atoms with Crippen LogP contribution in [-0.2, 0) is 10.3 Å². The summed E-state index contributed by atoms with van der Waals surface area (Å²) in [6.45, 7) is 7.85. The number of aryl methyl sites for hydroxylation is 1. The van der Waals surface area contributed by atoms with Crippen LogP contribution in [0.4, 0.5) is 0 Å². The number of pyridine rings is 1. The summed E-state index contributed by atoms with van der Waals surface area (Å²) in [4.78, 5) is 26.3. The zero-order valence-corrected chi connectivity index (χ0v) is 19.7. The minimum Gasteiger partial charge on any atom is -0.344 e. The number of allylic oxidation sites excluding steroid dienone is 2.